The van der Waals surface area contributed by atoms with Crippen LogP contribution >= 0.6 is 27.5 Å². The van der Waals surface area contributed by atoms with Gasteiger partial charge < -0.3 is 20.8 Å². The SMILES string of the molecule is CC(C)(C)C[C@@H]1N[C@@H](C(=O)NCC[C@H](O)CO)[C@H](c2cccc(Br)c2)[C@@]1(C#N)c1ccc(Cl)cc1F. The van der Waals surface area contributed by atoms with Crippen molar-refractivity contribution in [3.8, 4) is 6.07 Å². The third kappa shape index (κ3) is 6.09. The highest BCUT2D eigenvalue weighted by atomic mass is 79.9. The van der Waals surface area contributed by atoms with Crippen molar-refractivity contribution in [3.05, 3.63) is 68.9 Å². The third-order valence-electron chi connectivity index (χ3n) is 6.61. The number of nitrogens with one attached hydrogen (secondary N) is 2. The molecule has 2 aromatic carbocycles. The van der Waals surface area contributed by atoms with Crippen LogP contribution < -0.4 is 10.6 Å². The number of hydrogen-bond donors (Lipinski definition) is 4. The number of carbonyl (C=O) groups is 1. The average molecular weight is 581 g/mol. The Bertz CT molecular complexity index is 1140. The van der Waals surface area contributed by atoms with Gasteiger partial charge in [-0.2, -0.15) is 5.26 Å². The molecule has 0 unspecified atom stereocenters. The van der Waals surface area contributed by atoms with Crippen LogP contribution in [-0.2, 0) is 10.2 Å². The third-order valence-corrected chi connectivity index (χ3v) is 7.34. The molecule has 0 radical (unpaired) electrons. The van der Waals surface area contributed by atoms with E-state index in [1.54, 1.807) is 12.1 Å². The predicted molar refractivity (Wildman–Crippen MR) is 141 cm³/mol. The van der Waals surface area contributed by atoms with Gasteiger partial charge in [-0.05, 0) is 48.1 Å². The summed E-state index contributed by atoms with van der Waals surface area (Å²) in [6.45, 7) is 5.84. The molecule has 1 saturated heterocycles. The Labute approximate surface area is 225 Å². The van der Waals surface area contributed by atoms with E-state index in [0.717, 1.165) is 4.47 Å². The van der Waals surface area contributed by atoms with Gasteiger partial charge in [0, 0.05) is 33.6 Å². The minimum atomic E-state index is -1.42. The molecule has 9 heteroatoms. The molecule has 3 rings (SSSR count). The van der Waals surface area contributed by atoms with Crippen LogP contribution in [0.1, 0.15) is 50.7 Å². The Hall–Kier alpha value is -2.02. The minimum Gasteiger partial charge on any atom is -0.394 e. The maximum absolute atomic E-state index is 15.5. The first-order valence-corrected chi connectivity index (χ1v) is 13.0. The smallest absolute Gasteiger partial charge is 0.237 e. The van der Waals surface area contributed by atoms with Crippen molar-refractivity contribution in [2.24, 2.45) is 5.41 Å². The summed E-state index contributed by atoms with van der Waals surface area (Å²) >= 11 is 9.54. The summed E-state index contributed by atoms with van der Waals surface area (Å²) < 4.78 is 16.3. The number of nitriles is 1. The Morgan fingerprint density at radius 1 is 1.33 bits per heavy atom. The van der Waals surface area contributed by atoms with Gasteiger partial charge in [0.15, 0.2) is 0 Å². The highest BCUT2D eigenvalue weighted by Gasteiger charge is 2.60. The molecule has 1 aliphatic heterocycles. The summed E-state index contributed by atoms with van der Waals surface area (Å²) in [5.41, 5.74) is -0.761. The van der Waals surface area contributed by atoms with Crippen molar-refractivity contribution < 1.29 is 19.4 Å². The summed E-state index contributed by atoms with van der Waals surface area (Å²) in [6.07, 6.45) is -0.269. The lowest BCUT2D eigenvalue weighted by Crippen LogP contribution is -2.46. The van der Waals surface area contributed by atoms with E-state index in [9.17, 15) is 15.2 Å². The van der Waals surface area contributed by atoms with Crippen molar-refractivity contribution in [3.63, 3.8) is 0 Å². The zero-order chi connectivity index (χ0) is 26.7. The highest BCUT2D eigenvalue weighted by molar-refractivity contribution is 9.10. The van der Waals surface area contributed by atoms with Gasteiger partial charge in [-0.1, -0.05) is 66.5 Å². The molecule has 36 heavy (non-hydrogen) atoms. The number of aliphatic hydroxyl groups is 2. The van der Waals surface area contributed by atoms with Gasteiger partial charge in [-0.15, -0.1) is 0 Å². The molecule has 5 atom stereocenters. The summed E-state index contributed by atoms with van der Waals surface area (Å²) in [5.74, 6) is -1.70. The topological polar surface area (TPSA) is 105 Å². The number of hydrogen-bond acceptors (Lipinski definition) is 5. The summed E-state index contributed by atoms with van der Waals surface area (Å²) in [7, 11) is 0. The fourth-order valence-corrected chi connectivity index (χ4v) is 5.67. The van der Waals surface area contributed by atoms with Gasteiger partial charge in [0.2, 0.25) is 5.91 Å². The normalized spacial score (nSPS) is 24.8. The Morgan fingerprint density at radius 2 is 2.06 bits per heavy atom. The van der Waals surface area contributed by atoms with E-state index in [1.807, 2.05) is 45.0 Å². The molecule has 2 aromatic rings. The maximum Gasteiger partial charge on any atom is 0.237 e. The first-order chi connectivity index (χ1) is 16.9. The quantitative estimate of drug-likeness (QED) is 0.370. The predicted octanol–water partition coefficient (Wildman–Crippen LogP) is 4.42. The minimum absolute atomic E-state index is 0.142. The van der Waals surface area contributed by atoms with Crippen LogP contribution in [0.4, 0.5) is 4.39 Å². The Morgan fingerprint density at radius 3 is 2.64 bits per heavy atom. The number of benzene rings is 2. The zero-order valence-electron chi connectivity index (χ0n) is 20.6. The second-order valence-electron chi connectivity index (χ2n) is 10.5. The largest absolute Gasteiger partial charge is 0.394 e. The second-order valence-corrected chi connectivity index (χ2v) is 11.9. The molecule has 0 aliphatic carbocycles. The highest BCUT2D eigenvalue weighted by Crippen LogP contribution is 2.52. The van der Waals surface area contributed by atoms with Crippen LogP contribution in [0, 0.1) is 22.6 Å². The van der Waals surface area contributed by atoms with E-state index in [2.05, 4.69) is 32.6 Å². The molecular weight excluding hydrogens is 549 g/mol. The first-order valence-electron chi connectivity index (χ1n) is 11.9. The van der Waals surface area contributed by atoms with Crippen LogP contribution in [-0.4, -0.2) is 47.5 Å². The molecule has 0 saturated carbocycles. The molecule has 0 aromatic heterocycles. The lowest BCUT2D eigenvalue weighted by atomic mass is 9.62. The second kappa shape index (κ2) is 11.6. The van der Waals surface area contributed by atoms with Crippen LogP contribution in [0.15, 0.2) is 46.9 Å². The number of nitrogens with zero attached hydrogens (tertiary/aromatic N) is 1. The lowest BCUT2D eigenvalue weighted by Gasteiger charge is -2.37. The Balaban J connectivity index is 2.19. The van der Waals surface area contributed by atoms with E-state index in [-0.39, 0.29) is 34.9 Å². The van der Waals surface area contributed by atoms with Crippen molar-refractivity contribution in [1.29, 1.82) is 5.26 Å². The molecule has 1 amide bonds. The average Bonchev–Trinajstić information content (AvgIpc) is 3.12. The number of carbonyl (C=O) groups excluding carboxylic acids is 1. The molecular formula is C27H32BrClFN3O3. The summed E-state index contributed by atoms with van der Waals surface area (Å²) in [4.78, 5) is 13.5. The number of amides is 1. The molecule has 0 spiro atoms. The Kier molecular flexibility index (Phi) is 9.18. The molecule has 194 valence electrons. The maximum atomic E-state index is 15.5. The van der Waals surface area contributed by atoms with Crippen LogP contribution in [0.5, 0.6) is 0 Å². The van der Waals surface area contributed by atoms with Gasteiger partial charge >= 0.3 is 0 Å². The van der Waals surface area contributed by atoms with Crippen molar-refractivity contribution >= 4 is 33.4 Å². The van der Waals surface area contributed by atoms with Crippen molar-refractivity contribution in [1.82, 2.24) is 10.6 Å². The van der Waals surface area contributed by atoms with Gasteiger partial charge in [0.1, 0.15) is 11.2 Å². The van der Waals surface area contributed by atoms with E-state index >= 15 is 4.39 Å². The molecule has 6 nitrogen and oxygen atoms in total. The molecule has 1 fully saturated rings. The molecule has 1 heterocycles. The fourth-order valence-electron chi connectivity index (χ4n) is 5.09. The monoisotopic (exact) mass is 579 g/mol. The number of rotatable bonds is 8. The number of halogens is 3. The van der Waals surface area contributed by atoms with Gasteiger partial charge in [-0.25, -0.2) is 4.39 Å². The lowest BCUT2D eigenvalue weighted by molar-refractivity contribution is -0.123. The summed E-state index contributed by atoms with van der Waals surface area (Å²) in [6, 6.07) is 12.7. The van der Waals surface area contributed by atoms with Crippen molar-refractivity contribution in [2.75, 3.05) is 13.2 Å². The fraction of sp³-hybridized carbons (Fsp3) is 0.481. The molecule has 4 N–H and O–H groups in total. The van der Waals surface area contributed by atoms with Crippen LogP contribution in [0.25, 0.3) is 0 Å². The zero-order valence-corrected chi connectivity index (χ0v) is 22.9. The summed E-state index contributed by atoms with van der Waals surface area (Å²) in [5, 5.41) is 36.0. The van der Waals surface area contributed by atoms with Crippen LogP contribution in [0.3, 0.4) is 0 Å². The van der Waals surface area contributed by atoms with E-state index in [0.29, 0.717) is 12.0 Å². The van der Waals surface area contributed by atoms with E-state index < -0.39 is 41.9 Å². The van der Waals surface area contributed by atoms with E-state index in [4.69, 9.17) is 16.7 Å². The first kappa shape index (κ1) is 28.5. The van der Waals surface area contributed by atoms with Crippen LogP contribution in [0.2, 0.25) is 5.02 Å². The molecule has 0 bridgehead atoms. The van der Waals surface area contributed by atoms with Gasteiger partial charge in [0.25, 0.3) is 0 Å². The van der Waals surface area contributed by atoms with E-state index in [1.165, 1.54) is 6.07 Å². The standard InChI is InChI=1S/C27H32BrClFN3O3/c1-26(2,3)13-22-27(15-31,20-8-7-18(29)12-21(20)30)23(16-5-4-6-17(28)11-16)24(33-22)25(36)32-10-9-19(35)14-34/h4-8,11-12,19,22-24,33-35H,9-10,13-14H2,1-3H3,(H,32,36)/t19-,22-,23-,24+,27-/m0/s1. The van der Waals surface area contributed by atoms with Gasteiger partial charge in [0.05, 0.1) is 24.8 Å². The van der Waals surface area contributed by atoms with Crippen molar-refractivity contribution in [2.45, 2.75) is 63.1 Å². The molecule has 1 aliphatic rings. The van der Waals surface area contributed by atoms with Gasteiger partial charge in [-0.3, -0.25) is 4.79 Å². The number of aliphatic hydroxyl groups excluding tert-OH is 2.